The van der Waals surface area contributed by atoms with Gasteiger partial charge in [0.2, 0.25) is 0 Å². The van der Waals surface area contributed by atoms with Crippen molar-refractivity contribution in [3.8, 4) is 0 Å². The predicted molar refractivity (Wildman–Crippen MR) is 45.5 cm³/mol. The van der Waals surface area contributed by atoms with Gasteiger partial charge in [-0.05, 0) is 30.0 Å². The lowest BCUT2D eigenvalue weighted by Crippen LogP contribution is -2.15. The smallest absolute Gasteiger partial charge is 0.00436 e. The molecule has 0 saturated carbocycles. The maximum absolute atomic E-state index is 5.68. The summed E-state index contributed by atoms with van der Waals surface area (Å²) < 4.78 is 0. The summed E-state index contributed by atoms with van der Waals surface area (Å²) in [5.74, 6) is 1.33. The molecule has 1 aromatic heterocycles. The Balaban J connectivity index is 2.35. The number of hydrogen-bond donors (Lipinski definition) is 2. The predicted octanol–water partition coefficient (Wildman–Crippen LogP) is 1.25. The molecule has 0 amide bonds. The molecule has 2 heteroatoms. The van der Waals surface area contributed by atoms with Crippen LogP contribution in [0.25, 0.3) is 0 Å². The minimum absolute atomic E-state index is 0.594. The summed E-state index contributed by atoms with van der Waals surface area (Å²) in [7, 11) is 0. The molecular formula is C9H14N2. The zero-order valence-electron chi connectivity index (χ0n) is 6.80. The molecule has 1 heterocycles. The van der Waals surface area contributed by atoms with Crippen molar-refractivity contribution in [3.63, 3.8) is 0 Å². The first-order valence-electron chi connectivity index (χ1n) is 4.18. The molecular weight excluding hydrogens is 136 g/mol. The number of rotatable bonds is 1. The van der Waals surface area contributed by atoms with Crippen molar-refractivity contribution in [2.75, 3.05) is 6.54 Å². The van der Waals surface area contributed by atoms with E-state index in [2.05, 4.69) is 24.3 Å². The van der Waals surface area contributed by atoms with Gasteiger partial charge in [0.15, 0.2) is 0 Å². The summed E-state index contributed by atoms with van der Waals surface area (Å²) in [6, 6.07) is 0. The molecule has 0 bridgehead atoms. The standard InChI is InChI=1S/C9H14N2/c1-6-2-7-4-11-5-9(7)8(6)3-10/h4-6,8,11H,2-3,10H2,1H3. The lowest BCUT2D eigenvalue weighted by molar-refractivity contribution is 0.504. The Labute approximate surface area is 66.8 Å². The van der Waals surface area contributed by atoms with E-state index in [1.807, 2.05) is 0 Å². The summed E-state index contributed by atoms with van der Waals surface area (Å²) in [4.78, 5) is 3.13. The molecule has 2 atom stereocenters. The molecule has 0 saturated heterocycles. The third-order valence-electron chi connectivity index (χ3n) is 2.75. The molecule has 2 nitrogen and oxygen atoms in total. The second-order valence-electron chi connectivity index (χ2n) is 3.46. The van der Waals surface area contributed by atoms with Crippen LogP contribution in [0.5, 0.6) is 0 Å². The number of aromatic amines is 1. The summed E-state index contributed by atoms with van der Waals surface area (Å²) in [6.07, 6.45) is 5.39. The van der Waals surface area contributed by atoms with Crippen molar-refractivity contribution in [2.45, 2.75) is 19.3 Å². The fourth-order valence-electron chi connectivity index (χ4n) is 2.08. The van der Waals surface area contributed by atoms with Gasteiger partial charge in [0.25, 0.3) is 0 Å². The minimum atomic E-state index is 0.594. The van der Waals surface area contributed by atoms with Crippen LogP contribution in [0.1, 0.15) is 24.0 Å². The van der Waals surface area contributed by atoms with Crippen LogP contribution in [0.4, 0.5) is 0 Å². The molecule has 0 spiro atoms. The average molecular weight is 150 g/mol. The number of aromatic nitrogens is 1. The Morgan fingerprint density at radius 3 is 3.18 bits per heavy atom. The summed E-state index contributed by atoms with van der Waals surface area (Å²) in [5, 5.41) is 0. The van der Waals surface area contributed by atoms with Gasteiger partial charge >= 0.3 is 0 Å². The van der Waals surface area contributed by atoms with E-state index in [1.165, 1.54) is 17.5 Å². The SMILES string of the molecule is CC1Cc2c[nH]cc2C1CN. The third-order valence-corrected chi connectivity index (χ3v) is 2.75. The van der Waals surface area contributed by atoms with Gasteiger partial charge in [0.05, 0.1) is 0 Å². The van der Waals surface area contributed by atoms with Crippen molar-refractivity contribution < 1.29 is 0 Å². The normalized spacial score (nSPS) is 28.9. The van der Waals surface area contributed by atoms with Crippen LogP contribution >= 0.6 is 0 Å². The Morgan fingerprint density at radius 2 is 2.45 bits per heavy atom. The van der Waals surface area contributed by atoms with Crippen molar-refractivity contribution in [1.82, 2.24) is 4.98 Å². The maximum Gasteiger partial charge on any atom is 0.00436 e. The highest BCUT2D eigenvalue weighted by Gasteiger charge is 2.28. The third kappa shape index (κ3) is 0.897. The topological polar surface area (TPSA) is 41.8 Å². The van der Waals surface area contributed by atoms with Crippen LogP contribution in [0.15, 0.2) is 12.4 Å². The number of fused-ring (bicyclic) bond motifs is 1. The number of hydrogen-bond acceptors (Lipinski definition) is 1. The largest absolute Gasteiger partial charge is 0.367 e. The molecule has 1 aliphatic rings. The van der Waals surface area contributed by atoms with Crippen molar-refractivity contribution in [1.29, 1.82) is 0 Å². The monoisotopic (exact) mass is 150 g/mol. The van der Waals surface area contributed by atoms with Gasteiger partial charge in [0.1, 0.15) is 0 Å². The summed E-state index contributed by atoms with van der Waals surface area (Å²) >= 11 is 0. The Kier molecular flexibility index (Phi) is 1.50. The summed E-state index contributed by atoms with van der Waals surface area (Å²) in [6.45, 7) is 3.06. The van der Waals surface area contributed by atoms with Crippen LogP contribution in [-0.4, -0.2) is 11.5 Å². The molecule has 2 rings (SSSR count). The Morgan fingerprint density at radius 1 is 1.64 bits per heavy atom. The van der Waals surface area contributed by atoms with Crippen molar-refractivity contribution in [3.05, 3.63) is 23.5 Å². The number of H-pyrrole nitrogens is 1. The minimum Gasteiger partial charge on any atom is -0.367 e. The van der Waals surface area contributed by atoms with E-state index < -0.39 is 0 Å². The average Bonchev–Trinajstić information content (AvgIpc) is 2.46. The maximum atomic E-state index is 5.68. The highest BCUT2D eigenvalue weighted by atomic mass is 14.7. The lowest BCUT2D eigenvalue weighted by Gasteiger charge is -2.12. The zero-order chi connectivity index (χ0) is 7.84. The number of nitrogens with one attached hydrogen (secondary N) is 1. The Bertz CT molecular complexity index is 252. The zero-order valence-corrected chi connectivity index (χ0v) is 6.80. The molecule has 0 aliphatic heterocycles. The van der Waals surface area contributed by atoms with Gasteiger partial charge in [-0.1, -0.05) is 6.92 Å². The Hall–Kier alpha value is -0.760. The summed E-state index contributed by atoms with van der Waals surface area (Å²) in [5.41, 5.74) is 8.59. The second kappa shape index (κ2) is 2.38. The first-order chi connectivity index (χ1) is 5.33. The van der Waals surface area contributed by atoms with E-state index in [0.717, 1.165) is 12.5 Å². The highest BCUT2D eigenvalue weighted by Crippen LogP contribution is 2.36. The first-order valence-corrected chi connectivity index (χ1v) is 4.18. The van der Waals surface area contributed by atoms with E-state index in [-0.39, 0.29) is 0 Å². The molecule has 0 aromatic carbocycles. The first kappa shape index (κ1) is 6.92. The van der Waals surface area contributed by atoms with Crippen LogP contribution in [0, 0.1) is 5.92 Å². The van der Waals surface area contributed by atoms with Crippen LogP contribution < -0.4 is 5.73 Å². The van der Waals surface area contributed by atoms with Crippen LogP contribution in [0.3, 0.4) is 0 Å². The van der Waals surface area contributed by atoms with E-state index >= 15 is 0 Å². The molecule has 60 valence electrons. The quantitative estimate of drug-likeness (QED) is 0.621. The fraction of sp³-hybridized carbons (Fsp3) is 0.556. The van der Waals surface area contributed by atoms with E-state index in [4.69, 9.17) is 5.73 Å². The molecule has 11 heavy (non-hydrogen) atoms. The van der Waals surface area contributed by atoms with Crippen molar-refractivity contribution >= 4 is 0 Å². The molecule has 3 N–H and O–H groups in total. The van der Waals surface area contributed by atoms with Gasteiger partial charge in [-0.15, -0.1) is 0 Å². The van der Waals surface area contributed by atoms with Crippen LogP contribution in [0.2, 0.25) is 0 Å². The van der Waals surface area contributed by atoms with Gasteiger partial charge in [-0.2, -0.15) is 0 Å². The highest BCUT2D eigenvalue weighted by molar-refractivity contribution is 5.33. The molecule has 0 fully saturated rings. The number of nitrogens with two attached hydrogens (primary N) is 1. The molecule has 1 aromatic rings. The van der Waals surface area contributed by atoms with Gasteiger partial charge in [0, 0.05) is 18.3 Å². The second-order valence-corrected chi connectivity index (χ2v) is 3.46. The lowest BCUT2D eigenvalue weighted by atomic mass is 9.95. The van der Waals surface area contributed by atoms with E-state index in [1.54, 1.807) is 0 Å². The van der Waals surface area contributed by atoms with Gasteiger partial charge in [-0.25, -0.2) is 0 Å². The van der Waals surface area contributed by atoms with Gasteiger partial charge < -0.3 is 10.7 Å². The molecule has 0 radical (unpaired) electrons. The van der Waals surface area contributed by atoms with Crippen LogP contribution in [-0.2, 0) is 6.42 Å². The van der Waals surface area contributed by atoms with Gasteiger partial charge in [-0.3, -0.25) is 0 Å². The van der Waals surface area contributed by atoms with Crippen molar-refractivity contribution in [2.24, 2.45) is 11.7 Å². The van der Waals surface area contributed by atoms with E-state index in [9.17, 15) is 0 Å². The molecule has 1 aliphatic carbocycles. The molecule has 2 unspecified atom stereocenters. The van der Waals surface area contributed by atoms with E-state index in [0.29, 0.717) is 5.92 Å². The fourth-order valence-corrected chi connectivity index (χ4v) is 2.08.